The third-order valence-corrected chi connectivity index (χ3v) is 5.15. The number of aryl methyl sites for hydroxylation is 2. The molecule has 110 valence electrons. The first-order chi connectivity index (χ1) is 10.2. The van der Waals surface area contributed by atoms with E-state index in [-0.39, 0.29) is 6.10 Å². The summed E-state index contributed by atoms with van der Waals surface area (Å²) in [7, 11) is 0. The molecule has 0 N–H and O–H groups in total. The fourth-order valence-corrected chi connectivity index (χ4v) is 4.00. The second kappa shape index (κ2) is 6.63. The Morgan fingerprint density at radius 3 is 2.76 bits per heavy atom. The van der Waals surface area contributed by atoms with Gasteiger partial charge in [-0.15, -0.1) is 11.8 Å². The van der Waals surface area contributed by atoms with Crippen molar-refractivity contribution < 1.29 is 4.74 Å². The quantitative estimate of drug-likeness (QED) is 0.819. The van der Waals surface area contributed by atoms with E-state index < -0.39 is 0 Å². The van der Waals surface area contributed by atoms with Crippen LogP contribution in [0.3, 0.4) is 0 Å². The number of ether oxygens (including phenoxy) is 1. The van der Waals surface area contributed by atoms with Crippen LogP contribution in [-0.4, -0.2) is 16.8 Å². The number of hydrogen-bond donors (Lipinski definition) is 0. The van der Waals surface area contributed by atoms with Crippen molar-refractivity contribution in [1.29, 1.82) is 0 Å². The summed E-state index contributed by atoms with van der Waals surface area (Å²) in [5.74, 6) is 0. The van der Waals surface area contributed by atoms with Crippen LogP contribution in [0, 0.1) is 13.8 Å². The van der Waals surface area contributed by atoms with E-state index in [2.05, 4.69) is 55.2 Å². The molecule has 1 aromatic heterocycles. The van der Waals surface area contributed by atoms with E-state index in [0.717, 1.165) is 25.1 Å². The van der Waals surface area contributed by atoms with Crippen molar-refractivity contribution in [3.63, 3.8) is 0 Å². The van der Waals surface area contributed by atoms with Gasteiger partial charge in [0.2, 0.25) is 0 Å². The highest BCUT2D eigenvalue weighted by Crippen LogP contribution is 2.37. The second-order valence-corrected chi connectivity index (χ2v) is 7.03. The average Bonchev–Trinajstić information content (AvgIpc) is 2.48. The van der Waals surface area contributed by atoms with Crippen molar-refractivity contribution in [2.24, 2.45) is 0 Å². The molecule has 1 aliphatic heterocycles. The van der Waals surface area contributed by atoms with Gasteiger partial charge in [-0.05, 0) is 49.9 Å². The molecule has 0 spiro atoms. The molecule has 21 heavy (non-hydrogen) atoms. The fraction of sp³-hybridized carbons (Fsp3) is 0.389. The summed E-state index contributed by atoms with van der Waals surface area (Å²) in [6, 6.07) is 12.8. The van der Waals surface area contributed by atoms with E-state index >= 15 is 0 Å². The summed E-state index contributed by atoms with van der Waals surface area (Å²) in [6.07, 6.45) is 4.23. The minimum atomic E-state index is 0.139. The molecule has 2 nitrogen and oxygen atoms in total. The van der Waals surface area contributed by atoms with Crippen LogP contribution in [0.1, 0.15) is 35.8 Å². The normalized spacial score (nSPS) is 22.2. The first-order valence-electron chi connectivity index (χ1n) is 7.49. The lowest BCUT2D eigenvalue weighted by molar-refractivity contribution is 0.0148. The van der Waals surface area contributed by atoms with Crippen molar-refractivity contribution in [2.75, 3.05) is 6.61 Å². The third kappa shape index (κ3) is 3.66. The van der Waals surface area contributed by atoms with E-state index in [1.165, 1.54) is 16.0 Å². The van der Waals surface area contributed by atoms with Gasteiger partial charge in [-0.2, -0.15) is 0 Å². The zero-order valence-corrected chi connectivity index (χ0v) is 13.4. The molecule has 0 amide bonds. The average molecular weight is 299 g/mol. The van der Waals surface area contributed by atoms with E-state index in [4.69, 9.17) is 4.74 Å². The van der Waals surface area contributed by atoms with Crippen molar-refractivity contribution in [1.82, 2.24) is 4.98 Å². The highest BCUT2D eigenvalue weighted by molar-refractivity contribution is 8.00. The number of aromatic nitrogens is 1. The molecule has 1 aliphatic rings. The highest BCUT2D eigenvalue weighted by Gasteiger charge is 2.26. The van der Waals surface area contributed by atoms with Gasteiger partial charge in [0, 0.05) is 22.9 Å². The summed E-state index contributed by atoms with van der Waals surface area (Å²) in [4.78, 5) is 5.95. The first kappa shape index (κ1) is 14.6. The van der Waals surface area contributed by atoms with Crippen molar-refractivity contribution in [3.05, 3.63) is 59.4 Å². The van der Waals surface area contributed by atoms with E-state index in [1.54, 1.807) is 0 Å². The Morgan fingerprint density at radius 2 is 2.00 bits per heavy atom. The van der Waals surface area contributed by atoms with Gasteiger partial charge >= 0.3 is 0 Å². The van der Waals surface area contributed by atoms with Crippen LogP contribution in [0.25, 0.3) is 0 Å². The zero-order valence-electron chi connectivity index (χ0n) is 12.6. The number of hydrogen-bond acceptors (Lipinski definition) is 3. The molecule has 0 bridgehead atoms. The summed E-state index contributed by atoms with van der Waals surface area (Å²) in [5.41, 5.74) is 3.56. The Hall–Kier alpha value is -1.32. The number of nitrogens with zero attached hydrogens (tertiary/aromatic N) is 1. The minimum Gasteiger partial charge on any atom is -0.372 e. The van der Waals surface area contributed by atoms with Gasteiger partial charge in [-0.1, -0.05) is 24.3 Å². The molecule has 3 heteroatoms. The van der Waals surface area contributed by atoms with E-state index in [1.807, 2.05) is 18.0 Å². The Balaban J connectivity index is 1.71. The molecule has 1 fully saturated rings. The lowest BCUT2D eigenvalue weighted by Crippen LogP contribution is -2.23. The Labute approximate surface area is 130 Å². The predicted molar refractivity (Wildman–Crippen MR) is 87.7 cm³/mol. The van der Waals surface area contributed by atoms with Gasteiger partial charge < -0.3 is 4.74 Å². The molecule has 2 atom stereocenters. The molecule has 2 heterocycles. The zero-order chi connectivity index (χ0) is 14.7. The molecule has 3 rings (SSSR count). The van der Waals surface area contributed by atoms with Crippen LogP contribution in [0.5, 0.6) is 0 Å². The summed E-state index contributed by atoms with van der Waals surface area (Å²) in [5, 5.41) is 0.605. The predicted octanol–water partition coefficient (Wildman–Crippen LogP) is 4.71. The van der Waals surface area contributed by atoms with Crippen molar-refractivity contribution >= 4 is 11.8 Å². The summed E-state index contributed by atoms with van der Waals surface area (Å²) < 4.78 is 5.98. The highest BCUT2D eigenvalue weighted by atomic mass is 32.2. The molecule has 0 radical (unpaired) electrons. The maximum atomic E-state index is 5.98. The Bertz CT molecular complexity index is 599. The number of benzene rings is 1. The van der Waals surface area contributed by atoms with Crippen LogP contribution in [0.2, 0.25) is 0 Å². The van der Waals surface area contributed by atoms with Crippen LogP contribution in [-0.2, 0) is 4.74 Å². The molecule has 0 aliphatic carbocycles. The molecule has 2 unspecified atom stereocenters. The van der Waals surface area contributed by atoms with Gasteiger partial charge in [0.25, 0.3) is 0 Å². The third-order valence-electron chi connectivity index (χ3n) is 3.84. The molecule has 1 aromatic carbocycles. The Kier molecular flexibility index (Phi) is 4.61. The maximum absolute atomic E-state index is 5.98. The standard InChI is InChI=1S/C18H21NOS/c1-13-10-14(2)18(19-12-13)17-11-16(8-9-20-17)21-15-6-4-3-5-7-15/h3-7,10,12,16-17H,8-9,11H2,1-2H3. The number of rotatable bonds is 3. The largest absolute Gasteiger partial charge is 0.372 e. The first-order valence-corrected chi connectivity index (χ1v) is 8.37. The smallest absolute Gasteiger partial charge is 0.101 e. The molecule has 1 saturated heterocycles. The van der Waals surface area contributed by atoms with E-state index in [9.17, 15) is 0 Å². The lowest BCUT2D eigenvalue weighted by atomic mass is 10.0. The molecular formula is C18H21NOS. The lowest BCUT2D eigenvalue weighted by Gasteiger charge is -2.29. The van der Waals surface area contributed by atoms with Gasteiger partial charge in [0.1, 0.15) is 6.10 Å². The van der Waals surface area contributed by atoms with Crippen molar-refractivity contribution in [3.8, 4) is 0 Å². The second-order valence-electron chi connectivity index (χ2n) is 5.65. The van der Waals surface area contributed by atoms with Gasteiger partial charge in [0.05, 0.1) is 5.69 Å². The molecule has 2 aromatic rings. The fourth-order valence-electron chi connectivity index (χ4n) is 2.82. The topological polar surface area (TPSA) is 22.1 Å². The monoisotopic (exact) mass is 299 g/mol. The van der Waals surface area contributed by atoms with Gasteiger partial charge in [0.15, 0.2) is 0 Å². The van der Waals surface area contributed by atoms with Crippen LogP contribution in [0.15, 0.2) is 47.5 Å². The van der Waals surface area contributed by atoms with Gasteiger partial charge in [-0.25, -0.2) is 0 Å². The SMILES string of the molecule is Cc1cnc(C2CC(Sc3ccccc3)CCO2)c(C)c1. The van der Waals surface area contributed by atoms with Gasteiger partial charge in [-0.3, -0.25) is 4.98 Å². The Morgan fingerprint density at radius 1 is 1.19 bits per heavy atom. The molecular weight excluding hydrogens is 278 g/mol. The summed E-state index contributed by atoms with van der Waals surface area (Å²) >= 11 is 1.96. The number of thioether (sulfide) groups is 1. The maximum Gasteiger partial charge on any atom is 0.101 e. The summed E-state index contributed by atoms with van der Waals surface area (Å²) in [6.45, 7) is 5.04. The van der Waals surface area contributed by atoms with Crippen LogP contribution < -0.4 is 0 Å². The number of pyridine rings is 1. The van der Waals surface area contributed by atoms with Crippen LogP contribution >= 0.6 is 11.8 Å². The molecule has 0 saturated carbocycles. The van der Waals surface area contributed by atoms with Crippen molar-refractivity contribution in [2.45, 2.75) is 42.9 Å². The van der Waals surface area contributed by atoms with E-state index in [0.29, 0.717) is 5.25 Å². The van der Waals surface area contributed by atoms with Crippen LogP contribution in [0.4, 0.5) is 0 Å². The minimum absolute atomic E-state index is 0.139.